The number of fused-ring (bicyclic) bond motifs is 1. The van der Waals surface area contributed by atoms with Crippen molar-refractivity contribution >= 4 is 16.8 Å². The lowest BCUT2D eigenvalue weighted by molar-refractivity contribution is 0.0943. The molecule has 1 unspecified atom stereocenters. The highest BCUT2D eigenvalue weighted by atomic mass is 16.5. The molecule has 3 rings (SSSR count). The molecule has 3 aromatic rings. The third kappa shape index (κ3) is 4.26. The molecule has 5 nitrogen and oxygen atoms in total. The number of para-hydroxylation sites is 1. The van der Waals surface area contributed by atoms with Gasteiger partial charge >= 0.3 is 0 Å². The number of ether oxygens (including phenoxy) is 1. The topological polar surface area (TPSA) is 54.5 Å². The second kappa shape index (κ2) is 8.18. The fourth-order valence-electron chi connectivity index (χ4n) is 3.20. The summed E-state index contributed by atoms with van der Waals surface area (Å²) in [4.78, 5) is 19.5. The molecule has 0 spiro atoms. The number of hydrogen-bond acceptors (Lipinski definition) is 4. The lowest BCUT2D eigenvalue weighted by atomic mass is 10.0. The van der Waals surface area contributed by atoms with Crippen molar-refractivity contribution in [2.24, 2.45) is 0 Å². The normalized spacial score (nSPS) is 12.2. The van der Waals surface area contributed by atoms with Gasteiger partial charge in [-0.05, 0) is 50.8 Å². The molecule has 1 atom stereocenters. The summed E-state index contributed by atoms with van der Waals surface area (Å²) >= 11 is 0. The van der Waals surface area contributed by atoms with E-state index in [0.717, 1.165) is 27.9 Å². The van der Waals surface area contributed by atoms with Crippen LogP contribution in [0.3, 0.4) is 0 Å². The molecule has 0 aliphatic heterocycles. The lowest BCUT2D eigenvalue weighted by Crippen LogP contribution is -2.34. The van der Waals surface area contributed by atoms with Crippen molar-refractivity contribution in [2.45, 2.75) is 13.0 Å². The second-order valence-electron chi connectivity index (χ2n) is 6.79. The average molecular weight is 363 g/mol. The molecule has 1 heterocycles. The Morgan fingerprint density at radius 2 is 1.85 bits per heavy atom. The van der Waals surface area contributed by atoms with Gasteiger partial charge in [0, 0.05) is 17.6 Å². The summed E-state index contributed by atoms with van der Waals surface area (Å²) in [5.74, 6) is 0.732. The number of aromatic nitrogens is 1. The van der Waals surface area contributed by atoms with Gasteiger partial charge in [-0.15, -0.1) is 0 Å². The molecule has 0 aliphatic carbocycles. The summed E-state index contributed by atoms with van der Waals surface area (Å²) in [6.07, 6.45) is 0. The fourth-order valence-corrected chi connectivity index (χ4v) is 3.20. The Morgan fingerprint density at radius 3 is 2.52 bits per heavy atom. The standard InChI is InChI=1S/C22H25N3O2/c1-15-13-19(18-7-5-6-8-20(18)24-15)22(26)23-14-21(25(2)3)16-9-11-17(27-4)12-10-16/h5-13,21H,14H2,1-4H3,(H,23,26). The van der Waals surface area contributed by atoms with Gasteiger partial charge in [-0.25, -0.2) is 0 Å². The predicted molar refractivity (Wildman–Crippen MR) is 108 cm³/mol. The van der Waals surface area contributed by atoms with Gasteiger partial charge < -0.3 is 15.0 Å². The first-order valence-electron chi connectivity index (χ1n) is 8.94. The van der Waals surface area contributed by atoms with Crippen LogP contribution < -0.4 is 10.1 Å². The van der Waals surface area contributed by atoms with Crippen LogP contribution in [0.25, 0.3) is 10.9 Å². The summed E-state index contributed by atoms with van der Waals surface area (Å²) in [5, 5.41) is 3.95. The van der Waals surface area contributed by atoms with Crippen molar-refractivity contribution in [3.05, 3.63) is 71.4 Å². The number of carbonyl (C=O) groups excluding carboxylic acids is 1. The van der Waals surface area contributed by atoms with E-state index in [4.69, 9.17) is 4.74 Å². The third-order valence-corrected chi connectivity index (χ3v) is 4.67. The van der Waals surface area contributed by atoms with Gasteiger partial charge in [0.2, 0.25) is 0 Å². The summed E-state index contributed by atoms with van der Waals surface area (Å²) < 4.78 is 5.23. The quantitative estimate of drug-likeness (QED) is 0.727. The van der Waals surface area contributed by atoms with E-state index in [2.05, 4.69) is 15.2 Å². The molecule has 0 bridgehead atoms. The SMILES string of the molecule is COc1ccc(C(CNC(=O)c2cc(C)nc3ccccc23)N(C)C)cc1. The van der Waals surface area contributed by atoms with E-state index in [1.165, 1.54) is 0 Å². The summed E-state index contributed by atoms with van der Waals surface area (Å²) in [5.41, 5.74) is 3.45. The molecular weight excluding hydrogens is 338 g/mol. The van der Waals surface area contributed by atoms with Crippen LogP contribution in [0.4, 0.5) is 0 Å². The maximum atomic E-state index is 12.9. The Kier molecular flexibility index (Phi) is 5.72. The zero-order chi connectivity index (χ0) is 19.4. The number of likely N-dealkylation sites (N-methyl/N-ethyl adjacent to an activating group) is 1. The number of rotatable bonds is 6. The van der Waals surface area contributed by atoms with Crippen molar-refractivity contribution in [3.8, 4) is 5.75 Å². The molecule has 0 saturated carbocycles. The van der Waals surface area contributed by atoms with E-state index in [9.17, 15) is 4.79 Å². The maximum absolute atomic E-state index is 12.9. The van der Waals surface area contributed by atoms with E-state index in [1.54, 1.807) is 7.11 Å². The zero-order valence-corrected chi connectivity index (χ0v) is 16.2. The highest BCUT2D eigenvalue weighted by Crippen LogP contribution is 2.22. The van der Waals surface area contributed by atoms with Gasteiger partial charge in [0.05, 0.1) is 24.2 Å². The Morgan fingerprint density at radius 1 is 1.15 bits per heavy atom. The van der Waals surface area contributed by atoms with Crippen LogP contribution in [0.15, 0.2) is 54.6 Å². The number of aryl methyl sites for hydroxylation is 1. The highest BCUT2D eigenvalue weighted by molar-refractivity contribution is 6.06. The van der Waals surface area contributed by atoms with Crippen molar-refractivity contribution in [3.63, 3.8) is 0 Å². The summed E-state index contributed by atoms with van der Waals surface area (Å²) in [7, 11) is 5.67. The molecule has 2 aromatic carbocycles. The van der Waals surface area contributed by atoms with Crippen LogP contribution in [-0.4, -0.2) is 43.5 Å². The van der Waals surface area contributed by atoms with E-state index < -0.39 is 0 Å². The van der Waals surface area contributed by atoms with E-state index in [0.29, 0.717) is 12.1 Å². The van der Waals surface area contributed by atoms with Crippen LogP contribution in [-0.2, 0) is 0 Å². The van der Waals surface area contributed by atoms with Gasteiger partial charge in [0.15, 0.2) is 0 Å². The Bertz CT molecular complexity index is 936. The maximum Gasteiger partial charge on any atom is 0.252 e. The van der Waals surface area contributed by atoms with Gasteiger partial charge in [0.1, 0.15) is 5.75 Å². The van der Waals surface area contributed by atoms with Gasteiger partial charge in [0.25, 0.3) is 5.91 Å². The van der Waals surface area contributed by atoms with Crippen molar-refractivity contribution < 1.29 is 9.53 Å². The number of nitrogens with zero attached hydrogens (tertiary/aromatic N) is 2. The third-order valence-electron chi connectivity index (χ3n) is 4.67. The van der Waals surface area contributed by atoms with Crippen molar-refractivity contribution in [1.29, 1.82) is 0 Å². The number of nitrogens with one attached hydrogen (secondary N) is 1. The van der Waals surface area contributed by atoms with E-state index >= 15 is 0 Å². The molecule has 0 fully saturated rings. The molecule has 1 aromatic heterocycles. The Labute approximate surface area is 160 Å². The van der Waals surface area contributed by atoms with E-state index in [-0.39, 0.29) is 11.9 Å². The van der Waals surface area contributed by atoms with Crippen LogP contribution in [0.1, 0.15) is 27.7 Å². The number of benzene rings is 2. The Balaban J connectivity index is 1.80. The molecular formula is C22H25N3O2. The Hall–Kier alpha value is -2.92. The molecule has 0 saturated heterocycles. The molecule has 140 valence electrons. The molecule has 5 heteroatoms. The minimum absolute atomic E-state index is 0.0639. The van der Waals surface area contributed by atoms with Crippen LogP contribution in [0, 0.1) is 6.92 Å². The molecule has 1 amide bonds. The lowest BCUT2D eigenvalue weighted by Gasteiger charge is -2.25. The van der Waals surface area contributed by atoms with Crippen LogP contribution >= 0.6 is 0 Å². The average Bonchev–Trinajstić information content (AvgIpc) is 2.67. The highest BCUT2D eigenvalue weighted by Gasteiger charge is 2.17. The van der Waals surface area contributed by atoms with Gasteiger partial charge in [-0.1, -0.05) is 30.3 Å². The smallest absolute Gasteiger partial charge is 0.252 e. The molecule has 1 N–H and O–H groups in total. The number of pyridine rings is 1. The fraction of sp³-hybridized carbons (Fsp3) is 0.273. The summed E-state index contributed by atoms with van der Waals surface area (Å²) in [6, 6.07) is 17.6. The number of methoxy groups -OCH3 is 1. The largest absolute Gasteiger partial charge is 0.497 e. The molecule has 27 heavy (non-hydrogen) atoms. The van der Waals surface area contributed by atoms with Crippen LogP contribution in [0.5, 0.6) is 5.75 Å². The molecule has 0 aliphatic rings. The minimum atomic E-state index is -0.0861. The first kappa shape index (κ1) is 18.9. The second-order valence-corrected chi connectivity index (χ2v) is 6.79. The first-order valence-corrected chi connectivity index (χ1v) is 8.94. The van der Waals surface area contributed by atoms with Crippen molar-refractivity contribution in [2.75, 3.05) is 27.7 Å². The molecule has 0 radical (unpaired) electrons. The minimum Gasteiger partial charge on any atom is -0.497 e. The predicted octanol–water partition coefficient (Wildman–Crippen LogP) is 3.58. The zero-order valence-electron chi connectivity index (χ0n) is 16.2. The van der Waals surface area contributed by atoms with Gasteiger partial charge in [-0.3, -0.25) is 9.78 Å². The number of hydrogen-bond donors (Lipinski definition) is 1. The number of carbonyl (C=O) groups is 1. The summed E-state index contributed by atoms with van der Waals surface area (Å²) in [6.45, 7) is 2.41. The first-order chi connectivity index (χ1) is 13.0. The monoisotopic (exact) mass is 363 g/mol. The van der Waals surface area contributed by atoms with E-state index in [1.807, 2.05) is 75.6 Å². The van der Waals surface area contributed by atoms with Crippen molar-refractivity contribution in [1.82, 2.24) is 15.2 Å². The van der Waals surface area contributed by atoms with Gasteiger partial charge in [-0.2, -0.15) is 0 Å². The van der Waals surface area contributed by atoms with Crippen LogP contribution in [0.2, 0.25) is 0 Å². The number of amides is 1.